The fourth-order valence-corrected chi connectivity index (χ4v) is 3.99. The summed E-state index contributed by atoms with van der Waals surface area (Å²) in [6.07, 6.45) is 1.75. The summed E-state index contributed by atoms with van der Waals surface area (Å²) in [5, 5.41) is 0. The van der Waals surface area contributed by atoms with Gasteiger partial charge in [0.05, 0.1) is 22.1 Å². The number of rotatable bonds is 2. The van der Waals surface area contributed by atoms with Crippen molar-refractivity contribution in [2.24, 2.45) is 14.1 Å². The molecule has 3 rings (SSSR count). The number of halogens is 2. The van der Waals surface area contributed by atoms with Crippen LogP contribution in [0.25, 0.3) is 11.0 Å². The van der Waals surface area contributed by atoms with Gasteiger partial charge in [0, 0.05) is 24.1 Å². The smallest absolute Gasteiger partial charge is 0.328 e. The van der Waals surface area contributed by atoms with Gasteiger partial charge in [0.1, 0.15) is 5.76 Å². The molecule has 0 amide bonds. The monoisotopic (exact) mass is 412 g/mol. The van der Waals surface area contributed by atoms with Gasteiger partial charge in [-0.1, -0.05) is 31.9 Å². The summed E-state index contributed by atoms with van der Waals surface area (Å²) in [5.41, 5.74) is 3.89. The van der Waals surface area contributed by atoms with Crippen LogP contribution in [0.3, 0.4) is 0 Å². The van der Waals surface area contributed by atoms with E-state index in [0.29, 0.717) is 0 Å². The number of hydrogen-bond donors (Lipinski definition) is 0. The minimum Gasteiger partial charge on any atom is -0.469 e. The summed E-state index contributed by atoms with van der Waals surface area (Å²) in [4.78, 5) is 12.0. The molecule has 0 aliphatic carbocycles. The van der Waals surface area contributed by atoms with E-state index in [2.05, 4.69) is 31.9 Å². The van der Waals surface area contributed by atoms with Gasteiger partial charge in [0.25, 0.3) is 0 Å². The highest BCUT2D eigenvalue weighted by Crippen LogP contribution is 2.38. The molecule has 4 nitrogen and oxygen atoms in total. The van der Waals surface area contributed by atoms with Crippen molar-refractivity contribution in [3.63, 3.8) is 0 Å². The Morgan fingerprint density at radius 1 is 1.14 bits per heavy atom. The minimum atomic E-state index is -0.0284. The van der Waals surface area contributed by atoms with Gasteiger partial charge in [0.2, 0.25) is 0 Å². The summed E-state index contributed by atoms with van der Waals surface area (Å²) in [5.74, 6) is 0.874. The maximum absolute atomic E-state index is 12.0. The second-order valence-electron chi connectivity index (χ2n) is 5.12. The topological polar surface area (TPSA) is 40.1 Å². The molecule has 0 saturated heterocycles. The Balaban J connectivity index is 2.21. The third-order valence-corrected chi connectivity index (χ3v) is 5.42. The van der Waals surface area contributed by atoms with E-state index in [-0.39, 0.29) is 10.5 Å². The molecule has 0 spiro atoms. The first-order chi connectivity index (χ1) is 9.90. The zero-order chi connectivity index (χ0) is 15.3. The van der Waals surface area contributed by atoms with Crippen LogP contribution in [0.2, 0.25) is 0 Å². The number of aromatic nitrogens is 2. The molecule has 3 aromatic rings. The fourth-order valence-electron chi connectivity index (χ4n) is 2.51. The summed E-state index contributed by atoms with van der Waals surface area (Å²) in [7, 11) is 3.56. The summed E-state index contributed by atoms with van der Waals surface area (Å²) < 4.78 is 9.64. The van der Waals surface area contributed by atoms with E-state index >= 15 is 0 Å². The van der Waals surface area contributed by atoms with E-state index < -0.39 is 0 Å². The highest BCUT2D eigenvalue weighted by atomic mass is 79.9. The van der Waals surface area contributed by atoms with E-state index in [9.17, 15) is 4.79 Å². The largest absolute Gasteiger partial charge is 0.469 e. The van der Waals surface area contributed by atoms with Gasteiger partial charge in [-0.25, -0.2) is 4.79 Å². The van der Waals surface area contributed by atoms with Crippen molar-refractivity contribution in [2.45, 2.75) is 11.8 Å². The Kier molecular flexibility index (Phi) is 3.61. The Hall–Kier alpha value is -1.27. The maximum atomic E-state index is 12.0. The average Bonchev–Trinajstić information content (AvgIpc) is 2.97. The van der Waals surface area contributed by atoms with Gasteiger partial charge in [-0.15, -0.1) is 0 Å². The molecule has 0 aliphatic heterocycles. The molecule has 0 saturated carbocycles. The molecule has 2 heterocycles. The molecule has 110 valence electrons. The molecule has 2 aromatic heterocycles. The molecule has 1 unspecified atom stereocenters. The molecular formula is C15H14Br2N2O2. The van der Waals surface area contributed by atoms with Crippen LogP contribution in [0.4, 0.5) is 0 Å². The van der Waals surface area contributed by atoms with Gasteiger partial charge in [-0.3, -0.25) is 9.13 Å². The van der Waals surface area contributed by atoms with E-state index in [4.69, 9.17) is 4.42 Å². The summed E-state index contributed by atoms with van der Waals surface area (Å²) in [6.45, 7) is 1.92. The van der Waals surface area contributed by atoms with Gasteiger partial charge in [-0.05, 0) is 30.7 Å². The van der Waals surface area contributed by atoms with Crippen LogP contribution >= 0.6 is 31.9 Å². The highest BCUT2D eigenvalue weighted by molar-refractivity contribution is 9.11. The van der Waals surface area contributed by atoms with E-state index in [0.717, 1.165) is 32.4 Å². The number of nitrogens with zero attached hydrogens (tertiary/aromatic N) is 2. The lowest BCUT2D eigenvalue weighted by Gasteiger charge is -2.11. The molecule has 6 heteroatoms. The Morgan fingerprint density at radius 2 is 1.76 bits per heavy atom. The number of fused-ring (bicyclic) bond motifs is 1. The van der Waals surface area contributed by atoms with Crippen molar-refractivity contribution < 1.29 is 4.42 Å². The predicted molar refractivity (Wildman–Crippen MR) is 90.1 cm³/mol. The maximum Gasteiger partial charge on any atom is 0.328 e. The SMILES string of the molecule is Cc1cc(C(Br)c2cc3c(cc2Br)n(C)c(=O)n3C)co1. The molecule has 1 atom stereocenters. The molecule has 0 bridgehead atoms. The number of benzene rings is 1. The van der Waals surface area contributed by atoms with Crippen molar-refractivity contribution in [1.82, 2.24) is 9.13 Å². The first-order valence-electron chi connectivity index (χ1n) is 6.44. The number of imidazole rings is 1. The lowest BCUT2D eigenvalue weighted by Crippen LogP contribution is -2.19. The molecular weight excluding hydrogens is 400 g/mol. The molecule has 1 aromatic carbocycles. The van der Waals surface area contributed by atoms with Crippen LogP contribution in [-0.4, -0.2) is 9.13 Å². The zero-order valence-corrected chi connectivity index (χ0v) is 15.0. The first-order valence-corrected chi connectivity index (χ1v) is 8.15. The van der Waals surface area contributed by atoms with Crippen LogP contribution in [0.1, 0.15) is 21.7 Å². The Bertz CT molecular complexity index is 889. The number of hydrogen-bond acceptors (Lipinski definition) is 2. The van der Waals surface area contributed by atoms with Crippen LogP contribution < -0.4 is 5.69 Å². The fraction of sp³-hybridized carbons (Fsp3) is 0.267. The van der Waals surface area contributed by atoms with Crippen molar-refractivity contribution >= 4 is 42.9 Å². The number of alkyl halides is 1. The van der Waals surface area contributed by atoms with Gasteiger partial charge >= 0.3 is 5.69 Å². The standard InChI is InChI=1S/C15H14Br2N2O2/c1-8-4-9(7-21-8)14(17)10-5-12-13(6-11(10)16)19(3)15(20)18(12)2/h4-7,14H,1-3H3. The van der Waals surface area contributed by atoms with Crippen molar-refractivity contribution in [3.8, 4) is 0 Å². The van der Waals surface area contributed by atoms with Gasteiger partial charge < -0.3 is 4.42 Å². The third-order valence-electron chi connectivity index (χ3n) is 3.71. The minimum absolute atomic E-state index is 0.00373. The number of furan rings is 1. The van der Waals surface area contributed by atoms with Crippen molar-refractivity contribution in [2.75, 3.05) is 0 Å². The Labute approximate surface area is 138 Å². The Morgan fingerprint density at radius 3 is 2.33 bits per heavy atom. The quantitative estimate of drug-likeness (QED) is 0.595. The molecule has 0 N–H and O–H groups in total. The molecule has 0 fully saturated rings. The first kappa shape index (κ1) is 14.7. The van der Waals surface area contributed by atoms with E-state index in [1.807, 2.05) is 25.1 Å². The van der Waals surface area contributed by atoms with E-state index in [1.165, 1.54) is 0 Å². The lowest BCUT2D eigenvalue weighted by atomic mass is 10.1. The average molecular weight is 414 g/mol. The van der Waals surface area contributed by atoms with Gasteiger partial charge in [-0.2, -0.15) is 0 Å². The van der Waals surface area contributed by atoms with Crippen LogP contribution in [0.5, 0.6) is 0 Å². The highest BCUT2D eigenvalue weighted by Gasteiger charge is 2.19. The van der Waals surface area contributed by atoms with Crippen molar-refractivity contribution in [3.05, 3.63) is 56.3 Å². The molecule has 21 heavy (non-hydrogen) atoms. The molecule has 0 radical (unpaired) electrons. The molecule has 0 aliphatic rings. The third kappa shape index (κ3) is 2.30. The van der Waals surface area contributed by atoms with E-state index in [1.54, 1.807) is 29.5 Å². The van der Waals surface area contributed by atoms with Crippen LogP contribution in [-0.2, 0) is 14.1 Å². The normalized spacial score (nSPS) is 13.0. The lowest BCUT2D eigenvalue weighted by molar-refractivity contribution is 0.532. The van der Waals surface area contributed by atoms with Crippen LogP contribution in [0, 0.1) is 6.92 Å². The predicted octanol–water partition coefficient (Wildman–Crippen LogP) is 4.03. The number of aryl methyl sites for hydroxylation is 3. The zero-order valence-electron chi connectivity index (χ0n) is 11.9. The second kappa shape index (κ2) is 5.18. The van der Waals surface area contributed by atoms with Gasteiger partial charge in [0.15, 0.2) is 0 Å². The summed E-state index contributed by atoms with van der Waals surface area (Å²) in [6, 6.07) is 6.01. The summed E-state index contributed by atoms with van der Waals surface area (Å²) >= 11 is 7.31. The van der Waals surface area contributed by atoms with Crippen molar-refractivity contribution in [1.29, 1.82) is 0 Å². The second-order valence-corrected chi connectivity index (χ2v) is 6.89. The van der Waals surface area contributed by atoms with Crippen LogP contribution in [0.15, 0.2) is 38.1 Å².